The number of fused-ring (bicyclic) bond motifs is 11. The maximum Gasteiger partial charge on any atom is 0.0715 e. The third-order valence-corrected chi connectivity index (χ3v) is 17.9. The molecule has 0 bridgehead atoms. The molecule has 0 saturated carbocycles. The van der Waals surface area contributed by atoms with Gasteiger partial charge in [-0.25, -0.2) is 0 Å². The summed E-state index contributed by atoms with van der Waals surface area (Å²) in [4.78, 5) is 4.85. The molecule has 0 aliphatic heterocycles. The second kappa shape index (κ2) is 19.5. The molecule has 0 spiro atoms. The van der Waals surface area contributed by atoms with Gasteiger partial charge in [-0.3, -0.25) is 0 Å². The van der Waals surface area contributed by atoms with Crippen LogP contribution >= 0.6 is 0 Å². The van der Waals surface area contributed by atoms with Gasteiger partial charge in [-0.2, -0.15) is 0 Å². The molecular formula is C81H54N4. The van der Waals surface area contributed by atoms with Crippen LogP contribution in [0.1, 0.15) is 22.3 Å². The monoisotopic (exact) mass is 1080 g/mol. The van der Waals surface area contributed by atoms with Crippen molar-refractivity contribution >= 4 is 99.3 Å². The van der Waals surface area contributed by atoms with E-state index in [0.29, 0.717) is 0 Å². The van der Waals surface area contributed by atoms with Crippen molar-refractivity contribution < 1.29 is 0 Å². The van der Waals surface area contributed by atoms with Gasteiger partial charge in [0.15, 0.2) is 0 Å². The molecule has 0 unspecified atom stereocenters. The van der Waals surface area contributed by atoms with Crippen LogP contribution in [0.2, 0.25) is 0 Å². The number of rotatable bonds is 10. The molecule has 0 radical (unpaired) electrons. The molecule has 4 nitrogen and oxygen atoms in total. The van der Waals surface area contributed by atoms with Gasteiger partial charge < -0.3 is 18.9 Å². The van der Waals surface area contributed by atoms with Gasteiger partial charge in [-0.1, -0.05) is 194 Å². The Balaban J connectivity index is 0.880. The van der Waals surface area contributed by atoms with Gasteiger partial charge in [0.25, 0.3) is 0 Å². The van der Waals surface area contributed by atoms with E-state index in [-0.39, 0.29) is 0 Å². The number of nitrogens with zero attached hydrogens (tertiary/aromatic N) is 4. The van der Waals surface area contributed by atoms with Crippen molar-refractivity contribution in [3.8, 4) is 22.5 Å². The van der Waals surface area contributed by atoms with Crippen LogP contribution < -0.4 is 9.80 Å². The molecule has 0 amide bonds. The minimum atomic E-state index is -0.781. The zero-order valence-corrected chi connectivity index (χ0v) is 46.5. The van der Waals surface area contributed by atoms with E-state index in [0.717, 1.165) is 45.5 Å². The first-order valence-corrected chi connectivity index (χ1v) is 29.3. The van der Waals surface area contributed by atoms with Crippen molar-refractivity contribution in [2.75, 3.05) is 9.80 Å². The second-order valence-electron chi connectivity index (χ2n) is 22.4. The summed E-state index contributed by atoms with van der Waals surface area (Å²) in [5.74, 6) is 0. The molecule has 1 aliphatic carbocycles. The molecule has 17 rings (SSSR count). The highest BCUT2D eigenvalue weighted by Gasteiger charge is 2.47. The molecule has 16 aromatic rings. The minimum absolute atomic E-state index is 0.781. The average molecular weight is 1080 g/mol. The lowest BCUT2D eigenvalue weighted by Crippen LogP contribution is -2.29. The first-order chi connectivity index (χ1) is 42.2. The first-order valence-electron chi connectivity index (χ1n) is 29.3. The topological polar surface area (TPSA) is 16.3 Å². The summed E-state index contributed by atoms with van der Waals surface area (Å²) in [5, 5.41) is 9.81. The number of aromatic nitrogens is 2. The molecule has 4 heteroatoms. The Morgan fingerprint density at radius 3 is 0.906 bits per heavy atom. The quantitative estimate of drug-likeness (QED) is 0.136. The van der Waals surface area contributed by atoms with E-state index in [1.807, 2.05) is 0 Å². The van der Waals surface area contributed by atoms with Gasteiger partial charge in [0.2, 0.25) is 0 Å². The molecule has 2 aromatic heterocycles. The standard InChI is InChI=1S/C81H54N4/c1-3-23-61(24-4-1)82(63-39-43-65(44-40-63)84-77-31-15-11-27-71(77)72-28-12-16-32-78(72)84)67-47-49-69-70-50-48-68(83(62-25-5-2-6-26-62)64-41-45-66(46-42-64)85-79-33-17-13-29-73(79)74-30-14-18-34-80(74)85)54-76(70)81(75(69)53-67,59-37-35-55-19-7-9-21-57(55)51-59)60-38-36-56-20-8-10-22-58(56)52-60/h1-54H. The Hall–Kier alpha value is -11.2. The van der Waals surface area contributed by atoms with Gasteiger partial charge in [0, 0.05) is 67.0 Å². The zero-order valence-electron chi connectivity index (χ0n) is 46.5. The lowest BCUT2D eigenvalue weighted by Gasteiger charge is -2.36. The predicted molar refractivity (Wildman–Crippen MR) is 357 cm³/mol. The van der Waals surface area contributed by atoms with E-state index in [9.17, 15) is 0 Å². The van der Waals surface area contributed by atoms with E-state index in [4.69, 9.17) is 0 Å². The lowest BCUT2D eigenvalue weighted by molar-refractivity contribution is 0.771. The van der Waals surface area contributed by atoms with Crippen molar-refractivity contribution in [2.24, 2.45) is 0 Å². The van der Waals surface area contributed by atoms with Gasteiger partial charge in [0.05, 0.1) is 27.5 Å². The molecule has 0 N–H and O–H groups in total. The molecule has 85 heavy (non-hydrogen) atoms. The highest BCUT2D eigenvalue weighted by Crippen LogP contribution is 2.59. The Morgan fingerprint density at radius 1 is 0.224 bits per heavy atom. The summed E-state index contributed by atoms with van der Waals surface area (Å²) >= 11 is 0. The third kappa shape index (κ3) is 7.62. The number of hydrogen-bond acceptors (Lipinski definition) is 2. The highest BCUT2D eigenvalue weighted by atomic mass is 15.2. The Bertz CT molecular complexity index is 4810. The Morgan fingerprint density at radius 2 is 0.529 bits per heavy atom. The molecule has 2 heterocycles. The molecule has 1 aliphatic rings. The van der Waals surface area contributed by atoms with Crippen LogP contribution in [0.25, 0.3) is 87.7 Å². The lowest BCUT2D eigenvalue weighted by atomic mass is 9.67. The van der Waals surface area contributed by atoms with Crippen LogP contribution in [0, 0.1) is 0 Å². The van der Waals surface area contributed by atoms with Gasteiger partial charge >= 0.3 is 0 Å². The zero-order chi connectivity index (χ0) is 56.0. The summed E-state index contributed by atoms with van der Waals surface area (Å²) < 4.78 is 4.79. The summed E-state index contributed by atoms with van der Waals surface area (Å²) in [6, 6.07) is 121. The summed E-state index contributed by atoms with van der Waals surface area (Å²) in [6.45, 7) is 0. The number of hydrogen-bond donors (Lipinski definition) is 0. The SMILES string of the molecule is c1ccc(N(c2ccc(-n3c4ccccc4c4ccccc43)cc2)c2ccc3c(c2)C(c2ccc4ccccc4c2)(c2ccc4ccccc4c2)c2cc(N(c4ccccc4)c4ccc(-n5c6ccccc6c6ccccc65)cc4)ccc2-3)cc1. The Kier molecular flexibility index (Phi) is 11.1. The van der Waals surface area contributed by atoms with Gasteiger partial charge in [0.1, 0.15) is 0 Å². The Labute approximate surface area is 493 Å². The van der Waals surface area contributed by atoms with E-state index in [1.54, 1.807) is 0 Å². The number of benzene rings is 14. The van der Waals surface area contributed by atoms with E-state index < -0.39 is 5.41 Å². The fraction of sp³-hybridized carbons (Fsp3) is 0.0123. The molecule has 14 aromatic carbocycles. The van der Waals surface area contributed by atoms with Crippen LogP contribution in [-0.2, 0) is 5.41 Å². The van der Waals surface area contributed by atoms with E-state index in [1.165, 1.54) is 98.5 Å². The molecule has 0 atom stereocenters. The highest BCUT2D eigenvalue weighted by molar-refractivity contribution is 6.10. The predicted octanol–water partition coefficient (Wildman–Crippen LogP) is 21.5. The van der Waals surface area contributed by atoms with E-state index >= 15 is 0 Å². The molecule has 0 saturated heterocycles. The fourth-order valence-corrected chi connectivity index (χ4v) is 14.2. The normalized spacial score (nSPS) is 12.6. The van der Waals surface area contributed by atoms with E-state index in [2.05, 4.69) is 347 Å². The molecule has 0 fully saturated rings. The summed E-state index contributed by atoms with van der Waals surface area (Å²) in [6.07, 6.45) is 0. The van der Waals surface area contributed by atoms with Crippen LogP contribution in [0.4, 0.5) is 34.1 Å². The summed E-state index contributed by atoms with van der Waals surface area (Å²) in [7, 11) is 0. The van der Waals surface area contributed by atoms with Crippen LogP contribution in [0.5, 0.6) is 0 Å². The van der Waals surface area contributed by atoms with Gasteiger partial charge in [-0.15, -0.1) is 0 Å². The molecule has 398 valence electrons. The smallest absolute Gasteiger partial charge is 0.0715 e. The van der Waals surface area contributed by atoms with Crippen molar-refractivity contribution in [3.63, 3.8) is 0 Å². The van der Waals surface area contributed by atoms with Crippen LogP contribution in [-0.4, -0.2) is 9.13 Å². The maximum atomic E-state index is 2.50. The maximum absolute atomic E-state index is 2.50. The minimum Gasteiger partial charge on any atom is -0.310 e. The van der Waals surface area contributed by atoms with Crippen molar-refractivity contribution in [3.05, 3.63) is 350 Å². The second-order valence-corrected chi connectivity index (χ2v) is 22.4. The van der Waals surface area contributed by atoms with Crippen molar-refractivity contribution in [1.82, 2.24) is 9.13 Å². The van der Waals surface area contributed by atoms with Gasteiger partial charge in [-0.05, 0) is 188 Å². The van der Waals surface area contributed by atoms with Crippen molar-refractivity contribution in [1.29, 1.82) is 0 Å². The third-order valence-electron chi connectivity index (χ3n) is 17.9. The average Bonchev–Trinajstić information content (AvgIpc) is 2.47. The number of anilines is 6. The summed E-state index contributed by atoms with van der Waals surface area (Å²) in [5.41, 5.74) is 19.9. The van der Waals surface area contributed by atoms with Crippen LogP contribution in [0.3, 0.4) is 0 Å². The number of para-hydroxylation sites is 6. The fourth-order valence-electron chi connectivity index (χ4n) is 14.2. The van der Waals surface area contributed by atoms with Crippen molar-refractivity contribution in [2.45, 2.75) is 5.41 Å². The first kappa shape index (κ1) is 48.5. The van der Waals surface area contributed by atoms with Crippen LogP contribution in [0.15, 0.2) is 328 Å². The molecular weight excluding hydrogens is 1030 g/mol. The largest absolute Gasteiger partial charge is 0.310 e.